The standard InChI is InChI=1S/C26H27NO5S/c1-25(2)19-12-13-26(25,22(28)15-19)16-33(30,31)32-27(3)24(29)23-20-10-6-4-8-17(20)14-18-9-5-7-11-21(18)23/h4-11,14,19H,12-13,15-16H2,1-3H3. The molecule has 0 aromatic heterocycles. The van der Waals surface area contributed by atoms with E-state index >= 15 is 0 Å². The molecule has 0 spiro atoms. The molecule has 0 N–H and O–H groups in total. The molecule has 1 amide bonds. The predicted octanol–water partition coefficient (Wildman–Crippen LogP) is 4.72. The molecule has 2 unspecified atom stereocenters. The Bertz CT molecular complexity index is 1360. The highest BCUT2D eigenvalue weighted by Crippen LogP contribution is 2.64. The van der Waals surface area contributed by atoms with Gasteiger partial charge in [0.25, 0.3) is 16.0 Å². The molecule has 2 aliphatic rings. The Hall–Kier alpha value is -2.77. The normalized spacial score (nSPS) is 24.0. The van der Waals surface area contributed by atoms with Gasteiger partial charge in [-0.15, -0.1) is 4.28 Å². The zero-order valence-corrected chi connectivity index (χ0v) is 19.8. The van der Waals surface area contributed by atoms with Crippen molar-refractivity contribution in [3.05, 3.63) is 60.2 Å². The summed E-state index contributed by atoms with van der Waals surface area (Å²) >= 11 is 0. The molecule has 7 heteroatoms. The van der Waals surface area contributed by atoms with Crippen molar-refractivity contribution in [2.75, 3.05) is 12.8 Å². The fraction of sp³-hybridized carbons (Fsp3) is 0.385. The number of hydrogen-bond acceptors (Lipinski definition) is 5. The second kappa shape index (κ2) is 7.37. The van der Waals surface area contributed by atoms with Gasteiger partial charge in [-0.1, -0.05) is 62.4 Å². The fourth-order valence-corrected chi connectivity index (χ4v) is 7.78. The molecule has 2 bridgehead atoms. The Morgan fingerprint density at radius 3 is 2.15 bits per heavy atom. The number of carbonyl (C=O) groups is 2. The molecule has 0 saturated heterocycles. The lowest BCUT2D eigenvalue weighted by molar-refractivity contribution is -0.128. The van der Waals surface area contributed by atoms with Crippen LogP contribution in [0, 0.1) is 16.7 Å². The van der Waals surface area contributed by atoms with Gasteiger partial charge < -0.3 is 0 Å². The van der Waals surface area contributed by atoms with E-state index in [1.54, 1.807) is 0 Å². The highest BCUT2D eigenvalue weighted by molar-refractivity contribution is 7.86. The molecule has 2 fully saturated rings. The first-order valence-corrected chi connectivity index (χ1v) is 12.8. The van der Waals surface area contributed by atoms with E-state index in [0.29, 0.717) is 18.4 Å². The van der Waals surface area contributed by atoms with Crippen LogP contribution in [0.1, 0.15) is 43.5 Å². The van der Waals surface area contributed by atoms with Gasteiger partial charge in [-0.25, -0.2) is 5.06 Å². The lowest BCUT2D eigenvalue weighted by Gasteiger charge is -2.36. The van der Waals surface area contributed by atoms with E-state index in [2.05, 4.69) is 0 Å². The molecule has 5 rings (SSSR count). The van der Waals surface area contributed by atoms with Gasteiger partial charge in [0.15, 0.2) is 0 Å². The van der Waals surface area contributed by atoms with E-state index in [-0.39, 0.29) is 11.7 Å². The molecule has 2 aliphatic carbocycles. The third-order valence-corrected chi connectivity index (χ3v) is 9.36. The number of carbonyl (C=O) groups excluding carboxylic acids is 2. The quantitative estimate of drug-likeness (QED) is 0.402. The first-order chi connectivity index (χ1) is 15.6. The minimum Gasteiger partial charge on any atom is -0.299 e. The van der Waals surface area contributed by atoms with Crippen molar-refractivity contribution in [3.63, 3.8) is 0 Å². The van der Waals surface area contributed by atoms with E-state index in [1.165, 1.54) is 7.05 Å². The van der Waals surface area contributed by atoms with Crippen LogP contribution in [-0.4, -0.2) is 38.0 Å². The van der Waals surface area contributed by atoms with Crippen LogP contribution in [0.15, 0.2) is 54.6 Å². The van der Waals surface area contributed by atoms with Crippen molar-refractivity contribution >= 4 is 43.4 Å². The fourth-order valence-electron chi connectivity index (χ4n) is 6.04. The summed E-state index contributed by atoms with van der Waals surface area (Å²) in [6.07, 6.45) is 1.79. The van der Waals surface area contributed by atoms with Crippen molar-refractivity contribution in [2.24, 2.45) is 16.7 Å². The van der Waals surface area contributed by atoms with Gasteiger partial charge in [-0.05, 0) is 51.8 Å². The SMILES string of the molecule is CN(OS(=O)(=O)CC12CCC(CC1=O)C2(C)C)C(=O)c1c2ccccc2cc2ccccc12. The summed E-state index contributed by atoms with van der Waals surface area (Å²) in [4.78, 5) is 26.3. The molecular formula is C26H27NO5S. The van der Waals surface area contributed by atoms with Crippen LogP contribution in [-0.2, 0) is 19.2 Å². The maximum absolute atomic E-state index is 13.5. The van der Waals surface area contributed by atoms with E-state index in [0.717, 1.165) is 33.0 Å². The average Bonchev–Trinajstić information content (AvgIpc) is 3.10. The maximum Gasteiger partial charge on any atom is 0.289 e. The van der Waals surface area contributed by atoms with Crippen molar-refractivity contribution in [3.8, 4) is 0 Å². The van der Waals surface area contributed by atoms with Gasteiger partial charge in [0.2, 0.25) is 0 Å². The van der Waals surface area contributed by atoms with Gasteiger partial charge in [0.05, 0.1) is 16.7 Å². The summed E-state index contributed by atoms with van der Waals surface area (Å²) in [6, 6.07) is 17.0. The monoisotopic (exact) mass is 465 g/mol. The zero-order valence-electron chi connectivity index (χ0n) is 19.0. The van der Waals surface area contributed by atoms with Gasteiger partial charge in [-0.3, -0.25) is 9.59 Å². The Balaban J connectivity index is 1.48. The summed E-state index contributed by atoms with van der Waals surface area (Å²) in [6.45, 7) is 3.95. The summed E-state index contributed by atoms with van der Waals surface area (Å²) < 4.78 is 31.5. The molecule has 172 valence electrons. The zero-order chi connectivity index (χ0) is 23.6. The number of nitrogens with zero attached hydrogens (tertiary/aromatic N) is 1. The van der Waals surface area contributed by atoms with Crippen LogP contribution in [0.2, 0.25) is 0 Å². The van der Waals surface area contributed by atoms with Gasteiger partial charge in [0.1, 0.15) is 5.78 Å². The minimum absolute atomic E-state index is 0.00930. The largest absolute Gasteiger partial charge is 0.299 e. The van der Waals surface area contributed by atoms with Crippen LogP contribution < -0.4 is 0 Å². The van der Waals surface area contributed by atoms with E-state index in [1.807, 2.05) is 68.4 Å². The minimum atomic E-state index is -4.19. The van der Waals surface area contributed by atoms with E-state index in [4.69, 9.17) is 4.28 Å². The molecule has 0 aliphatic heterocycles. The molecule has 3 aromatic rings. The molecule has 33 heavy (non-hydrogen) atoms. The maximum atomic E-state index is 13.5. The third-order valence-electron chi connectivity index (χ3n) is 8.06. The van der Waals surface area contributed by atoms with Crippen LogP contribution in [0.4, 0.5) is 0 Å². The highest BCUT2D eigenvalue weighted by Gasteiger charge is 2.65. The molecule has 3 aromatic carbocycles. The summed E-state index contributed by atoms with van der Waals surface area (Å²) in [5, 5.41) is 3.99. The average molecular weight is 466 g/mol. The molecule has 0 heterocycles. The van der Waals surface area contributed by atoms with Gasteiger partial charge in [0, 0.05) is 13.5 Å². The van der Waals surface area contributed by atoms with Crippen LogP contribution in [0.3, 0.4) is 0 Å². The molecule has 2 saturated carbocycles. The Morgan fingerprint density at radius 1 is 1.06 bits per heavy atom. The number of rotatable bonds is 5. The lowest BCUT2D eigenvalue weighted by Crippen LogP contribution is -2.44. The number of Topliss-reactive ketones (excluding diaryl/α,β-unsaturated/α-hetero) is 1. The van der Waals surface area contributed by atoms with Crippen LogP contribution >= 0.6 is 0 Å². The lowest BCUT2D eigenvalue weighted by atomic mass is 9.70. The molecule has 0 radical (unpaired) electrons. The number of ketones is 1. The van der Waals surface area contributed by atoms with Gasteiger partial charge >= 0.3 is 0 Å². The summed E-state index contributed by atoms with van der Waals surface area (Å²) in [5.41, 5.74) is -0.973. The Labute approximate surface area is 193 Å². The Kier molecular flexibility index (Phi) is 4.92. The van der Waals surface area contributed by atoms with E-state index < -0.39 is 32.6 Å². The summed E-state index contributed by atoms with van der Waals surface area (Å²) in [7, 11) is -2.87. The smallest absolute Gasteiger partial charge is 0.289 e. The molecule has 2 atom stereocenters. The first kappa shape index (κ1) is 22.0. The Morgan fingerprint density at radius 2 is 1.64 bits per heavy atom. The number of benzene rings is 3. The molecule has 6 nitrogen and oxygen atoms in total. The predicted molar refractivity (Wildman–Crippen MR) is 127 cm³/mol. The topological polar surface area (TPSA) is 80.8 Å². The number of fused-ring (bicyclic) bond motifs is 4. The van der Waals surface area contributed by atoms with Crippen LogP contribution in [0.5, 0.6) is 0 Å². The van der Waals surface area contributed by atoms with Crippen molar-refractivity contribution in [1.29, 1.82) is 0 Å². The second-order valence-corrected chi connectivity index (χ2v) is 11.5. The number of amides is 1. The third kappa shape index (κ3) is 3.28. The molecular weight excluding hydrogens is 438 g/mol. The van der Waals surface area contributed by atoms with Crippen molar-refractivity contribution in [1.82, 2.24) is 5.06 Å². The van der Waals surface area contributed by atoms with E-state index in [9.17, 15) is 18.0 Å². The van der Waals surface area contributed by atoms with Gasteiger partial charge in [-0.2, -0.15) is 8.42 Å². The summed E-state index contributed by atoms with van der Waals surface area (Å²) in [5.74, 6) is -0.770. The number of hydrogen-bond donors (Lipinski definition) is 0. The van der Waals surface area contributed by atoms with Crippen molar-refractivity contribution in [2.45, 2.75) is 33.1 Å². The van der Waals surface area contributed by atoms with Crippen molar-refractivity contribution < 1.29 is 22.3 Å². The highest BCUT2D eigenvalue weighted by atomic mass is 32.2. The second-order valence-electron chi connectivity index (χ2n) is 9.94. The van der Waals surface area contributed by atoms with Crippen LogP contribution in [0.25, 0.3) is 21.5 Å². The first-order valence-electron chi connectivity index (χ1n) is 11.2. The number of hydroxylamine groups is 2.